The first-order valence-electron chi connectivity index (χ1n) is 7.53. The number of hydrogen-bond donors (Lipinski definition) is 1. The van der Waals surface area contributed by atoms with Crippen LogP contribution in [0.25, 0.3) is 10.9 Å². The summed E-state index contributed by atoms with van der Waals surface area (Å²) in [6.07, 6.45) is 5.61. The van der Waals surface area contributed by atoms with E-state index in [1.807, 2.05) is 12.3 Å². The third-order valence-corrected chi connectivity index (χ3v) is 4.28. The lowest BCUT2D eigenvalue weighted by Gasteiger charge is -2.19. The van der Waals surface area contributed by atoms with Crippen LogP contribution >= 0.6 is 0 Å². The minimum absolute atomic E-state index is 0.575. The molecule has 106 valence electrons. The van der Waals surface area contributed by atoms with Gasteiger partial charge in [0.15, 0.2) is 0 Å². The zero-order valence-electron chi connectivity index (χ0n) is 12.4. The molecule has 1 atom stereocenters. The Kier molecular flexibility index (Phi) is 3.88. The Balaban J connectivity index is 1.85. The van der Waals surface area contributed by atoms with Crippen LogP contribution in [0.1, 0.15) is 24.8 Å². The summed E-state index contributed by atoms with van der Waals surface area (Å²) in [5.74, 6) is 0. The zero-order valence-corrected chi connectivity index (χ0v) is 12.4. The SMILES string of the molecule is Cc1ccc(NC2CCCN(C)CC2)c2cccnc12. The van der Waals surface area contributed by atoms with E-state index in [2.05, 4.69) is 47.4 Å². The van der Waals surface area contributed by atoms with Gasteiger partial charge in [0.25, 0.3) is 0 Å². The lowest BCUT2D eigenvalue weighted by atomic mass is 10.1. The van der Waals surface area contributed by atoms with Gasteiger partial charge in [0, 0.05) is 23.3 Å². The topological polar surface area (TPSA) is 28.2 Å². The number of nitrogens with one attached hydrogen (secondary N) is 1. The van der Waals surface area contributed by atoms with Crippen molar-refractivity contribution in [1.82, 2.24) is 9.88 Å². The number of likely N-dealkylation sites (tertiary alicyclic amines) is 1. The van der Waals surface area contributed by atoms with Crippen molar-refractivity contribution < 1.29 is 0 Å². The Morgan fingerprint density at radius 3 is 3.00 bits per heavy atom. The summed E-state index contributed by atoms with van der Waals surface area (Å²) in [7, 11) is 2.22. The van der Waals surface area contributed by atoms with Gasteiger partial charge in [-0.1, -0.05) is 6.07 Å². The Morgan fingerprint density at radius 2 is 2.10 bits per heavy atom. The molecule has 0 saturated carbocycles. The molecule has 0 aliphatic carbocycles. The summed E-state index contributed by atoms with van der Waals surface area (Å²) in [5, 5.41) is 4.99. The number of pyridine rings is 1. The molecule has 20 heavy (non-hydrogen) atoms. The molecule has 1 aromatic heterocycles. The number of hydrogen-bond acceptors (Lipinski definition) is 3. The molecule has 3 rings (SSSR count). The number of anilines is 1. The molecule has 1 saturated heterocycles. The number of nitrogens with zero attached hydrogens (tertiary/aromatic N) is 2. The number of fused-ring (bicyclic) bond motifs is 1. The molecule has 0 bridgehead atoms. The van der Waals surface area contributed by atoms with Gasteiger partial charge in [-0.15, -0.1) is 0 Å². The first kappa shape index (κ1) is 13.4. The molecule has 0 spiro atoms. The van der Waals surface area contributed by atoms with Crippen LogP contribution in [0, 0.1) is 6.92 Å². The molecule has 2 aromatic rings. The fraction of sp³-hybridized carbons (Fsp3) is 0.471. The second-order valence-corrected chi connectivity index (χ2v) is 5.91. The molecular formula is C17H23N3. The van der Waals surface area contributed by atoms with Crippen molar-refractivity contribution >= 4 is 16.6 Å². The van der Waals surface area contributed by atoms with Gasteiger partial charge in [-0.2, -0.15) is 0 Å². The first-order valence-corrected chi connectivity index (χ1v) is 7.53. The molecule has 3 heteroatoms. The largest absolute Gasteiger partial charge is 0.382 e. The van der Waals surface area contributed by atoms with E-state index in [0.717, 1.165) is 5.52 Å². The highest BCUT2D eigenvalue weighted by atomic mass is 15.1. The van der Waals surface area contributed by atoms with E-state index >= 15 is 0 Å². The van der Waals surface area contributed by atoms with Gasteiger partial charge in [0.1, 0.15) is 0 Å². The van der Waals surface area contributed by atoms with Gasteiger partial charge in [-0.05, 0) is 70.1 Å². The standard InChI is InChI=1S/C17H23N3/c1-13-7-8-16(15-6-3-10-18-17(13)15)19-14-5-4-11-20(2)12-9-14/h3,6-8,10,14,19H,4-5,9,11-12H2,1-2H3. The van der Waals surface area contributed by atoms with E-state index in [4.69, 9.17) is 0 Å². The number of aromatic nitrogens is 1. The highest BCUT2D eigenvalue weighted by Crippen LogP contribution is 2.26. The Morgan fingerprint density at radius 1 is 1.20 bits per heavy atom. The van der Waals surface area contributed by atoms with Crippen molar-refractivity contribution in [1.29, 1.82) is 0 Å². The smallest absolute Gasteiger partial charge is 0.0751 e. The van der Waals surface area contributed by atoms with Gasteiger partial charge >= 0.3 is 0 Å². The van der Waals surface area contributed by atoms with Crippen LogP contribution in [-0.4, -0.2) is 36.1 Å². The monoisotopic (exact) mass is 269 g/mol. The van der Waals surface area contributed by atoms with Crippen molar-refractivity contribution in [3.63, 3.8) is 0 Å². The van der Waals surface area contributed by atoms with E-state index in [9.17, 15) is 0 Å². The fourth-order valence-electron chi connectivity index (χ4n) is 3.04. The van der Waals surface area contributed by atoms with E-state index in [-0.39, 0.29) is 0 Å². The molecule has 0 radical (unpaired) electrons. The van der Waals surface area contributed by atoms with Crippen molar-refractivity contribution in [2.24, 2.45) is 0 Å². The summed E-state index contributed by atoms with van der Waals surface area (Å²) in [4.78, 5) is 6.94. The maximum Gasteiger partial charge on any atom is 0.0751 e. The van der Waals surface area contributed by atoms with Gasteiger partial charge in [-0.25, -0.2) is 0 Å². The van der Waals surface area contributed by atoms with Crippen molar-refractivity contribution in [2.75, 3.05) is 25.5 Å². The average molecular weight is 269 g/mol. The van der Waals surface area contributed by atoms with Crippen molar-refractivity contribution in [3.8, 4) is 0 Å². The van der Waals surface area contributed by atoms with Gasteiger partial charge in [-0.3, -0.25) is 4.98 Å². The third kappa shape index (κ3) is 2.78. The maximum atomic E-state index is 4.52. The summed E-state index contributed by atoms with van der Waals surface area (Å²) < 4.78 is 0. The molecule has 1 aliphatic rings. The van der Waals surface area contributed by atoms with Crippen molar-refractivity contribution in [3.05, 3.63) is 36.0 Å². The number of rotatable bonds is 2. The van der Waals surface area contributed by atoms with Gasteiger partial charge < -0.3 is 10.2 Å². The second kappa shape index (κ2) is 5.80. The van der Waals surface area contributed by atoms with E-state index in [0.29, 0.717) is 6.04 Å². The lowest BCUT2D eigenvalue weighted by Crippen LogP contribution is -2.23. The highest BCUT2D eigenvalue weighted by Gasteiger charge is 2.15. The van der Waals surface area contributed by atoms with Crippen LogP contribution in [0.2, 0.25) is 0 Å². The zero-order chi connectivity index (χ0) is 13.9. The van der Waals surface area contributed by atoms with Crippen LogP contribution in [0.3, 0.4) is 0 Å². The van der Waals surface area contributed by atoms with Crippen LogP contribution in [0.4, 0.5) is 5.69 Å². The maximum absolute atomic E-state index is 4.52. The molecule has 1 fully saturated rings. The normalized spacial score (nSPS) is 20.8. The summed E-state index contributed by atoms with van der Waals surface area (Å²) in [6.45, 7) is 4.52. The molecule has 1 N–H and O–H groups in total. The van der Waals surface area contributed by atoms with Gasteiger partial charge in [0.2, 0.25) is 0 Å². The Bertz CT molecular complexity index is 594. The fourth-order valence-corrected chi connectivity index (χ4v) is 3.04. The van der Waals surface area contributed by atoms with Crippen molar-refractivity contribution in [2.45, 2.75) is 32.2 Å². The molecule has 1 aromatic carbocycles. The Hall–Kier alpha value is -1.61. The lowest BCUT2D eigenvalue weighted by molar-refractivity contribution is 0.348. The highest BCUT2D eigenvalue weighted by molar-refractivity contribution is 5.93. The van der Waals surface area contributed by atoms with Crippen LogP contribution < -0.4 is 5.32 Å². The van der Waals surface area contributed by atoms with E-state index in [1.165, 1.54) is 49.0 Å². The predicted molar refractivity (Wildman–Crippen MR) is 85.2 cm³/mol. The second-order valence-electron chi connectivity index (χ2n) is 5.91. The molecule has 2 heterocycles. The molecular weight excluding hydrogens is 246 g/mol. The third-order valence-electron chi connectivity index (χ3n) is 4.28. The quantitative estimate of drug-likeness (QED) is 0.905. The minimum Gasteiger partial charge on any atom is -0.382 e. The van der Waals surface area contributed by atoms with Crippen LogP contribution in [0.5, 0.6) is 0 Å². The summed E-state index contributed by atoms with van der Waals surface area (Å²) >= 11 is 0. The van der Waals surface area contributed by atoms with E-state index < -0.39 is 0 Å². The molecule has 1 aliphatic heterocycles. The molecule has 3 nitrogen and oxygen atoms in total. The van der Waals surface area contributed by atoms with Crippen LogP contribution in [-0.2, 0) is 0 Å². The molecule has 0 amide bonds. The number of aryl methyl sites for hydroxylation is 1. The summed E-state index contributed by atoms with van der Waals surface area (Å²) in [5.41, 5.74) is 3.59. The van der Waals surface area contributed by atoms with Crippen LogP contribution in [0.15, 0.2) is 30.5 Å². The predicted octanol–water partition coefficient (Wildman–Crippen LogP) is 3.44. The Labute approximate surface area is 121 Å². The average Bonchev–Trinajstić information content (AvgIpc) is 2.67. The molecule has 1 unspecified atom stereocenters. The van der Waals surface area contributed by atoms with Gasteiger partial charge in [0.05, 0.1) is 5.52 Å². The minimum atomic E-state index is 0.575. The first-order chi connectivity index (χ1) is 9.74. The van der Waals surface area contributed by atoms with E-state index in [1.54, 1.807) is 0 Å². The number of benzene rings is 1. The summed E-state index contributed by atoms with van der Waals surface area (Å²) in [6, 6.07) is 9.13.